The second-order valence-corrected chi connectivity index (χ2v) is 4.20. The topological polar surface area (TPSA) is 122 Å². The van der Waals surface area contributed by atoms with Crippen molar-refractivity contribution >= 4 is 28.7 Å². The van der Waals surface area contributed by atoms with Crippen molar-refractivity contribution in [2.45, 2.75) is 13.0 Å². The molecule has 1 aliphatic rings. The average molecular weight is 275 g/mol. The normalized spacial score (nSPS) is 20.4. The highest BCUT2D eigenvalue weighted by Crippen LogP contribution is 2.23. The second kappa shape index (κ2) is 4.78. The Hall–Kier alpha value is -2.67. The largest absolute Gasteiger partial charge is 0.504 e. The van der Waals surface area contributed by atoms with Gasteiger partial charge < -0.3 is 10.2 Å². The molecular weight excluding hydrogens is 266 g/mol. The van der Waals surface area contributed by atoms with Gasteiger partial charge >= 0.3 is 0 Å². The fraction of sp³-hybridized carbons (Fsp3) is 0.154. The molecule has 1 aromatic heterocycles. The van der Waals surface area contributed by atoms with E-state index in [1.165, 1.54) is 18.3 Å². The van der Waals surface area contributed by atoms with Crippen LogP contribution in [0.5, 0.6) is 0 Å². The summed E-state index contributed by atoms with van der Waals surface area (Å²) in [6, 6.07) is 2.67. The third-order valence-corrected chi connectivity index (χ3v) is 2.81. The van der Waals surface area contributed by atoms with Gasteiger partial charge in [-0.15, -0.1) is 0 Å². The lowest BCUT2D eigenvalue weighted by molar-refractivity contribution is -0.147. The van der Waals surface area contributed by atoms with Gasteiger partial charge in [-0.1, -0.05) is 0 Å². The summed E-state index contributed by atoms with van der Waals surface area (Å²) >= 11 is 0. The number of nitrogens with zero attached hydrogens (tertiary/aromatic N) is 1. The maximum Gasteiger partial charge on any atom is 0.266 e. The van der Waals surface area contributed by atoms with Crippen LogP contribution in [-0.4, -0.2) is 44.4 Å². The van der Waals surface area contributed by atoms with Gasteiger partial charge in [0.05, 0.1) is 5.57 Å². The zero-order valence-corrected chi connectivity index (χ0v) is 10.3. The highest BCUT2D eigenvalue weighted by molar-refractivity contribution is 6.66. The number of aromatic nitrogens is 1. The lowest BCUT2D eigenvalue weighted by Gasteiger charge is -2.06. The molecule has 1 unspecified atom stereocenters. The lowest BCUT2D eigenvalue weighted by atomic mass is 9.98. The molecule has 0 saturated carbocycles. The SMILES string of the molecule is Cc1cc(C2=C(O)C(=O)C(=O)C(O)C(=O)C2=O)ccn1. The molecule has 2 rings (SSSR count). The quantitative estimate of drug-likeness (QED) is 0.513. The molecule has 7 nitrogen and oxygen atoms in total. The molecule has 0 aliphatic heterocycles. The Morgan fingerprint density at radius 2 is 1.70 bits per heavy atom. The Kier molecular flexibility index (Phi) is 3.29. The second-order valence-electron chi connectivity index (χ2n) is 4.20. The van der Waals surface area contributed by atoms with Gasteiger partial charge in [0, 0.05) is 11.9 Å². The van der Waals surface area contributed by atoms with Crippen molar-refractivity contribution in [1.29, 1.82) is 0 Å². The molecule has 0 amide bonds. The molecule has 7 heteroatoms. The smallest absolute Gasteiger partial charge is 0.266 e. The standard InChI is InChI=1S/C13H9NO6/c1-5-4-6(2-3-14-5)7-8(15)10(17)12(19)13(20)11(18)9(7)16/h2-4,12,16,19H,1H3. The van der Waals surface area contributed by atoms with E-state index in [9.17, 15) is 29.4 Å². The lowest BCUT2D eigenvalue weighted by Crippen LogP contribution is -2.36. The summed E-state index contributed by atoms with van der Waals surface area (Å²) in [7, 11) is 0. The monoisotopic (exact) mass is 275 g/mol. The first-order valence-corrected chi connectivity index (χ1v) is 5.56. The number of pyridine rings is 1. The maximum absolute atomic E-state index is 11.9. The number of carbonyl (C=O) groups is 4. The van der Waals surface area contributed by atoms with E-state index in [2.05, 4.69) is 4.98 Å². The van der Waals surface area contributed by atoms with Crippen molar-refractivity contribution in [1.82, 2.24) is 4.98 Å². The number of rotatable bonds is 1. The fourth-order valence-corrected chi connectivity index (χ4v) is 1.80. The Bertz CT molecular complexity index is 688. The summed E-state index contributed by atoms with van der Waals surface area (Å²) < 4.78 is 0. The number of hydrogen-bond acceptors (Lipinski definition) is 7. The van der Waals surface area contributed by atoms with Gasteiger partial charge in [0.25, 0.3) is 5.78 Å². The number of allylic oxidation sites excluding steroid dienone is 2. The molecule has 0 saturated heterocycles. The van der Waals surface area contributed by atoms with Crippen LogP contribution in [0.15, 0.2) is 24.1 Å². The number of hydrogen-bond donors (Lipinski definition) is 2. The van der Waals surface area contributed by atoms with E-state index in [0.29, 0.717) is 5.69 Å². The first-order valence-electron chi connectivity index (χ1n) is 5.56. The van der Waals surface area contributed by atoms with Crippen LogP contribution < -0.4 is 0 Å². The van der Waals surface area contributed by atoms with Crippen molar-refractivity contribution in [3.05, 3.63) is 35.3 Å². The highest BCUT2D eigenvalue weighted by atomic mass is 16.3. The summed E-state index contributed by atoms with van der Waals surface area (Å²) in [4.78, 5) is 50.3. The Morgan fingerprint density at radius 1 is 1.10 bits per heavy atom. The summed E-state index contributed by atoms with van der Waals surface area (Å²) in [6.45, 7) is 1.60. The molecule has 0 spiro atoms. The molecule has 0 aromatic carbocycles. The molecule has 0 radical (unpaired) electrons. The maximum atomic E-state index is 11.9. The van der Waals surface area contributed by atoms with Crippen LogP contribution in [0.1, 0.15) is 11.3 Å². The predicted octanol–water partition coefficient (Wildman–Crippen LogP) is -0.690. The van der Waals surface area contributed by atoms with Gasteiger partial charge in [0.2, 0.25) is 17.3 Å². The van der Waals surface area contributed by atoms with Crippen LogP contribution in [0, 0.1) is 6.92 Å². The van der Waals surface area contributed by atoms with Crippen molar-refractivity contribution in [2.24, 2.45) is 0 Å². The molecule has 1 aromatic rings. The number of ketones is 4. The van der Waals surface area contributed by atoms with Crippen LogP contribution in [0.3, 0.4) is 0 Å². The van der Waals surface area contributed by atoms with Gasteiger partial charge in [-0.05, 0) is 24.6 Å². The minimum absolute atomic E-state index is 0.0728. The summed E-state index contributed by atoms with van der Waals surface area (Å²) in [6.07, 6.45) is -1.06. The van der Waals surface area contributed by atoms with Gasteiger partial charge in [-0.3, -0.25) is 24.2 Å². The number of aryl methyl sites for hydroxylation is 1. The van der Waals surface area contributed by atoms with Crippen LogP contribution in [0.2, 0.25) is 0 Å². The van der Waals surface area contributed by atoms with E-state index in [1.54, 1.807) is 6.92 Å². The van der Waals surface area contributed by atoms with Crippen LogP contribution in [-0.2, 0) is 19.2 Å². The third-order valence-electron chi connectivity index (χ3n) is 2.81. The van der Waals surface area contributed by atoms with E-state index in [1.807, 2.05) is 0 Å². The molecule has 2 N–H and O–H groups in total. The zero-order chi connectivity index (χ0) is 15.0. The minimum Gasteiger partial charge on any atom is -0.504 e. The van der Waals surface area contributed by atoms with E-state index < -0.39 is 40.6 Å². The van der Waals surface area contributed by atoms with Crippen molar-refractivity contribution in [3.8, 4) is 0 Å². The molecule has 1 aliphatic carbocycles. The predicted molar refractivity (Wildman–Crippen MR) is 64.6 cm³/mol. The molecular formula is C13H9NO6. The molecule has 1 heterocycles. The fourth-order valence-electron chi connectivity index (χ4n) is 1.80. The van der Waals surface area contributed by atoms with Crippen molar-refractivity contribution in [3.63, 3.8) is 0 Å². The van der Waals surface area contributed by atoms with Gasteiger partial charge in [0.15, 0.2) is 11.9 Å². The third kappa shape index (κ3) is 2.04. The summed E-state index contributed by atoms with van der Waals surface area (Å²) in [5.74, 6) is -6.88. The first-order chi connectivity index (χ1) is 9.34. The Labute approximate surface area is 112 Å². The molecule has 102 valence electrons. The van der Waals surface area contributed by atoms with Crippen molar-refractivity contribution in [2.75, 3.05) is 0 Å². The van der Waals surface area contributed by atoms with E-state index in [0.717, 1.165) is 0 Å². The number of carbonyl (C=O) groups excluding carboxylic acids is 4. The molecule has 1 atom stereocenters. The van der Waals surface area contributed by atoms with Gasteiger partial charge in [0.1, 0.15) is 0 Å². The minimum atomic E-state index is -2.38. The zero-order valence-electron chi connectivity index (χ0n) is 10.3. The van der Waals surface area contributed by atoms with Crippen LogP contribution >= 0.6 is 0 Å². The Balaban J connectivity index is 2.70. The summed E-state index contributed by atoms with van der Waals surface area (Å²) in [5.41, 5.74) is -0.0504. The van der Waals surface area contributed by atoms with Crippen molar-refractivity contribution < 1.29 is 29.4 Å². The highest BCUT2D eigenvalue weighted by Gasteiger charge is 2.42. The average Bonchev–Trinajstić information content (AvgIpc) is 2.47. The molecule has 20 heavy (non-hydrogen) atoms. The first kappa shape index (κ1) is 13.8. The van der Waals surface area contributed by atoms with Crippen LogP contribution in [0.4, 0.5) is 0 Å². The van der Waals surface area contributed by atoms with Gasteiger partial charge in [-0.2, -0.15) is 0 Å². The number of Topliss-reactive ketones (excluding diaryl/α,β-unsaturated/α-hetero) is 4. The summed E-state index contributed by atoms with van der Waals surface area (Å²) in [5, 5.41) is 19.1. The van der Waals surface area contributed by atoms with E-state index in [-0.39, 0.29) is 5.56 Å². The Morgan fingerprint density at radius 3 is 2.30 bits per heavy atom. The number of aliphatic hydroxyl groups excluding tert-OH is 2. The van der Waals surface area contributed by atoms with Gasteiger partial charge in [-0.25, -0.2) is 0 Å². The van der Waals surface area contributed by atoms with Crippen LogP contribution in [0.25, 0.3) is 5.57 Å². The molecule has 0 bridgehead atoms. The number of aliphatic hydroxyl groups is 2. The van der Waals surface area contributed by atoms with E-state index in [4.69, 9.17) is 0 Å². The van der Waals surface area contributed by atoms with E-state index >= 15 is 0 Å². The molecule has 0 fully saturated rings.